The summed E-state index contributed by atoms with van der Waals surface area (Å²) in [7, 11) is -0.812. The lowest BCUT2D eigenvalue weighted by Gasteiger charge is -2.26. The molecule has 8 heteroatoms. The number of rotatable bonds is 4. The van der Waals surface area contributed by atoms with Crippen molar-refractivity contribution in [3.63, 3.8) is 0 Å². The Morgan fingerprint density at radius 2 is 1.84 bits per heavy atom. The number of carbonyl (C=O) groups excluding carboxylic acids is 2. The molecule has 0 aromatic heterocycles. The Kier molecular flexibility index (Phi) is 4.98. The van der Waals surface area contributed by atoms with Crippen LogP contribution in [0.25, 0.3) is 0 Å². The molecule has 2 heterocycles. The maximum absolute atomic E-state index is 13.2. The first-order valence-corrected chi connectivity index (χ1v) is 11.7. The Balaban J connectivity index is 1.60. The number of sulfonamides is 1. The Bertz CT molecular complexity index is 1190. The summed E-state index contributed by atoms with van der Waals surface area (Å²) in [6.45, 7) is 5.27. The van der Waals surface area contributed by atoms with E-state index in [0.29, 0.717) is 11.3 Å². The van der Waals surface area contributed by atoms with Gasteiger partial charge in [0.25, 0.3) is 0 Å². The molecule has 0 spiro atoms. The molecule has 7 nitrogen and oxygen atoms in total. The van der Waals surface area contributed by atoms with Gasteiger partial charge >= 0.3 is 0 Å². The van der Waals surface area contributed by atoms with Crippen molar-refractivity contribution in [3.05, 3.63) is 53.6 Å². The van der Waals surface area contributed by atoms with Gasteiger partial charge in [-0.15, -0.1) is 0 Å². The lowest BCUT2D eigenvalue weighted by molar-refractivity contribution is -0.122. The minimum atomic E-state index is -3.91. The molecule has 4 rings (SSSR count). The van der Waals surface area contributed by atoms with Crippen molar-refractivity contribution in [1.82, 2.24) is 4.31 Å². The second-order valence-corrected chi connectivity index (χ2v) is 10.9. The van der Waals surface area contributed by atoms with Gasteiger partial charge in [-0.2, -0.15) is 4.31 Å². The number of anilines is 2. The lowest BCUT2D eigenvalue weighted by atomic mass is 9.86. The number of fused-ring (bicyclic) bond motifs is 2. The molecule has 0 N–H and O–H groups in total. The number of likely N-dealkylation sites (N-methyl/N-ethyl adjacent to an activating group) is 2. The molecular weight excluding hydrogens is 414 g/mol. The monoisotopic (exact) mass is 441 g/mol. The first-order chi connectivity index (χ1) is 14.5. The predicted molar refractivity (Wildman–Crippen MR) is 120 cm³/mol. The van der Waals surface area contributed by atoms with Gasteiger partial charge in [0.2, 0.25) is 21.8 Å². The minimum absolute atomic E-state index is 0.0247. The summed E-state index contributed by atoms with van der Waals surface area (Å²) >= 11 is 0. The molecule has 2 aromatic carbocycles. The van der Waals surface area contributed by atoms with Crippen molar-refractivity contribution in [1.29, 1.82) is 0 Å². The molecule has 0 fully saturated rings. The SMILES string of the molecule is CC1Cc2ccccc2N1C(=O)CN(C)S(=O)(=O)c1ccc2c(c1)C(C)(C)C(=O)N2C. The zero-order valence-electron chi connectivity index (χ0n) is 18.4. The third kappa shape index (κ3) is 3.25. The van der Waals surface area contributed by atoms with E-state index in [1.807, 2.05) is 31.2 Å². The normalized spacial score (nSPS) is 19.7. The smallest absolute Gasteiger partial charge is 0.243 e. The Labute approximate surface area is 183 Å². The molecule has 2 amide bonds. The van der Waals surface area contributed by atoms with Crippen LogP contribution in [-0.2, 0) is 31.4 Å². The second kappa shape index (κ2) is 7.17. The number of benzene rings is 2. The lowest BCUT2D eigenvalue weighted by Crippen LogP contribution is -2.43. The largest absolute Gasteiger partial charge is 0.314 e. The number of para-hydroxylation sites is 1. The standard InChI is InChI=1S/C23H27N3O4S/c1-15-12-16-8-6-7-9-19(16)26(15)21(27)14-24(4)31(29,30)17-10-11-20-18(13-17)23(2,3)22(28)25(20)5/h6-11,13,15H,12,14H2,1-5H3. The Hall–Kier alpha value is -2.71. The van der Waals surface area contributed by atoms with Gasteiger partial charge in [0.1, 0.15) is 0 Å². The zero-order valence-corrected chi connectivity index (χ0v) is 19.2. The van der Waals surface area contributed by atoms with Crippen LogP contribution in [0.2, 0.25) is 0 Å². The van der Waals surface area contributed by atoms with Gasteiger partial charge in [0, 0.05) is 31.5 Å². The molecule has 0 radical (unpaired) electrons. The number of hydrogen-bond acceptors (Lipinski definition) is 4. The molecule has 2 aliphatic rings. The zero-order chi connectivity index (χ0) is 22.7. The molecule has 2 aromatic rings. The summed E-state index contributed by atoms with van der Waals surface area (Å²) in [6.07, 6.45) is 0.750. The van der Waals surface area contributed by atoms with E-state index in [2.05, 4.69) is 0 Å². The van der Waals surface area contributed by atoms with Crippen LogP contribution in [0, 0.1) is 0 Å². The molecule has 0 saturated heterocycles. The first-order valence-electron chi connectivity index (χ1n) is 10.2. The summed E-state index contributed by atoms with van der Waals surface area (Å²) in [5.74, 6) is -0.345. The number of amides is 2. The summed E-state index contributed by atoms with van der Waals surface area (Å²) in [5, 5.41) is 0. The van der Waals surface area contributed by atoms with Crippen LogP contribution in [0.5, 0.6) is 0 Å². The van der Waals surface area contributed by atoms with Gasteiger partial charge in [-0.1, -0.05) is 18.2 Å². The van der Waals surface area contributed by atoms with Crippen LogP contribution in [0.3, 0.4) is 0 Å². The summed E-state index contributed by atoms with van der Waals surface area (Å²) in [4.78, 5) is 28.9. The van der Waals surface area contributed by atoms with Crippen LogP contribution in [0.15, 0.2) is 47.4 Å². The first kappa shape index (κ1) is 21.5. The molecule has 2 aliphatic heterocycles. The van der Waals surface area contributed by atoms with E-state index in [9.17, 15) is 18.0 Å². The summed E-state index contributed by atoms with van der Waals surface area (Å²) in [6, 6.07) is 12.4. The second-order valence-electron chi connectivity index (χ2n) is 8.87. The van der Waals surface area contributed by atoms with Gasteiger partial charge in [0.15, 0.2) is 0 Å². The van der Waals surface area contributed by atoms with E-state index in [1.54, 1.807) is 42.8 Å². The number of hydrogen-bond donors (Lipinski definition) is 0. The summed E-state index contributed by atoms with van der Waals surface area (Å²) < 4.78 is 27.6. The van der Waals surface area contributed by atoms with Gasteiger partial charge in [-0.25, -0.2) is 8.42 Å². The average Bonchev–Trinajstić information content (AvgIpc) is 3.14. The van der Waals surface area contributed by atoms with Gasteiger partial charge in [-0.3, -0.25) is 9.59 Å². The average molecular weight is 442 g/mol. The van der Waals surface area contributed by atoms with E-state index >= 15 is 0 Å². The molecule has 1 unspecified atom stereocenters. The maximum Gasteiger partial charge on any atom is 0.243 e. The Morgan fingerprint density at radius 1 is 1.16 bits per heavy atom. The fourth-order valence-corrected chi connectivity index (χ4v) is 5.74. The molecule has 31 heavy (non-hydrogen) atoms. The fraction of sp³-hybridized carbons (Fsp3) is 0.391. The van der Waals surface area contributed by atoms with E-state index in [1.165, 1.54) is 13.1 Å². The van der Waals surface area contributed by atoms with Crippen LogP contribution < -0.4 is 9.80 Å². The van der Waals surface area contributed by atoms with Crippen molar-refractivity contribution in [2.24, 2.45) is 0 Å². The molecule has 1 atom stereocenters. The molecule has 0 aliphatic carbocycles. The van der Waals surface area contributed by atoms with Crippen molar-refractivity contribution in [3.8, 4) is 0 Å². The topological polar surface area (TPSA) is 78.0 Å². The highest BCUT2D eigenvalue weighted by Crippen LogP contribution is 2.42. The van der Waals surface area contributed by atoms with Crippen LogP contribution in [0.4, 0.5) is 11.4 Å². The fourth-order valence-electron chi connectivity index (χ4n) is 4.59. The minimum Gasteiger partial charge on any atom is -0.314 e. The van der Waals surface area contributed by atoms with E-state index in [0.717, 1.165) is 22.0 Å². The van der Waals surface area contributed by atoms with Crippen molar-refractivity contribution in [2.45, 2.75) is 43.5 Å². The predicted octanol–water partition coefficient (Wildman–Crippen LogP) is 2.54. The van der Waals surface area contributed by atoms with E-state index in [-0.39, 0.29) is 29.3 Å². The van der Waals surface area contributed by atoms with Crippen molar-refractivity contribution < 1.29 is 18.0 Å². The third-order valence-corrected chi connectivity index (χ3v) is 8.18. The van der Waals surface area contributed by atoms with Crippen LogP contribution in [-0.4, -0.2) is 51.2 Å². The molecular formula is C23H27N3O4S. The molecule has 0 bridgehead atoms. The number of nitrogens with zero attached hydrogens (tertiary/aromatic N) is 3. The van der Waals surface area contributed by atoms with Crippen molar-refractivity contribution in [2.75, 3.05) is 30.4 Å². The highest BCUT2D eigenvalue weighted by molar-refractivity contribution is 7.89. The van der Waals surface area contributed by atoms with Gasteiger partial charge < -0.3 is 9.80 Å². The molecule has 0 saturated carbocycles. The quantitative estimate of drug-likeness (QED) is 0.731. The van der Waals surface area contributed by atoms with E-state index in [4.69, 9.17) is 0 Å². The highest BCUT2D eigenvalue weighted by Gasteiger charge is 2.43. The number of carbonyl (C=O) groups is 2. The highest BCUT2D eigenvalue weighted by atomic mass is 32.2. The van der Waals surface area contributed by atoms with E-state index < -0.39 is 15.4 Å². The summed E-state index contributed by atoms with van der Waals surface area (Å²) in [5.41, 5.74) is 2.49. The third-order valence-electron chi connectivity index (χ3n) is 6.38. The van der Waals surface area contributed by atoms with Crippen LogP contribution >= 0.6 is 0 Å². The molecule has 164 valence electrons. The van der Waals surface area contributed by atoms with Gasteiger partial charge in [0.05, 0.1) is 16.9 Å². The van der Waals surface area contributed by atoms with Gasteiger partial charge in [-0.05, 0) is 62.6 Å². The maximum atomic E-state index is 13.2. The van der Waals surface area contributed by atoms with Crippen molar-refractivity contribution >= 4 is 33.2 Å². The van der Waals surface area contributed by atoms with Crippen LogP contribution in [0.1, 0.15) is 31.9 Å². The Morgan fingerprint density at radius 3 is 2.55 bits per heavy atom.